The molecule has 0 bridgehead atoms. The Bertz CT molecular complexity index is 512. The number of aromatic amines is 2. The standard InChI is InChI=1S/C9H11N3O4/c13-5-1-4(2-5)11-7(14)6-3-10-9(16)12-8(6)15/h3-5,13H,1-2H2,(H,11,14)(H2,10,12,15,16). The highest BCUT2D eigenvalue weighted by Crippen LogP contribution is 2.19. The number of nitrogens with one attached hydrogen (secondary N) is 3. The lowest BCUT2D eigenvalue weighted by Gasteiger charge is -2.31. The van der Waals surface area contributed by atoms with Crippen molar-refractivity contribution in [1.82, 2.24) is 15.3 Å². The Hall–Kier alpha value is -1.89. The molecule has 16 heavy (non-hydrogen) atoms. The molecule has 1 aromatic rings. The number of carbonyl (C=O) groups excluding carboxylic acids is 1. The van der Waals surface area contributed by atoms with Gasteiger partial charge in [0.1, 0.15) is 5.56 Å². The van der Waals surface area contributed by atoms with Gasteiger partial charge in [-0.15, -0.1) is 0 Å². The largest absolute Gasteiger partial charge is 0.393 e. The molecule has 4 N–H and O–H groups in total. The Balaban J connectivity index is 2.09. The second-order valence-corrected chi connectivity index (χ2v) is 3.78. The summed E-state index contributed by atoms with van der Waals surface area (Å²) >= 11 is 0. The van der Waals surface area contributed by atoms with Crippen molar-refractivity contribution in [2.75, 3.05) is 0 Å². The molecule has 0 unspecified atom stereocenters. The predicted molar refractivity (Wildman–Crippen MR) is 54.2 cm³/mol. The summed E-state index contributed by atoms with van der Waals surface area (Å²) in [6.07, 6.45) is 1.69. The number of aliphatic hydroxyl groups is 1. The SMILES string of the molecule is O=C(NC1CC(O)C1)c1c[nH]c(=O)[nH]c1=O. The molecule has 0 aromatic carbocycles. The highest BCUT2D eigenvalue weighted by atomic mass is 16.3. The first-order valence-electron chi connectivity index (χ1n) is 4.87. The van der Waals surface area contributed by atoms with Crippen LogP contribution in [0.4, 0.5) is 0 Å². The van der Waals surface area contributed by atoms with Crippen LogP contribution in [-0.4, -0.2) is 33.1 Å². The molecule has 0 saturated heterocycles. The molecule has 1 saturated carbocycles. The Kier molecular flexibility index (Phi) is 2.61. The number of amides is 1. The summed E-state index contributed by atoms with van der Waals surface area (Å²) in [6.45, 7) is 0. The van der Waals surface area contributed by atoms with Gasteiger partial charge in [0.25, 0.3) is 11.5 Å². The van der Waals surface area contributed by atoms with Gasteiger partial charge < -0.3 is 15.4 Å². The van der Waals surface area contributed by atoms with Gasteiger partial charge in [0.05, 0.1) is 6.10 Å². The van der Waals surface area contributed by atoms with Crippen LogP contribution in [0.2, 0.25) is 0 Å². The predicted octanol–water partition coefficient (Wildman–Crippen LogP) is -1.68. The molecule has 0 spiro atoms. The van der Waals surface area contributed by atoms with E-state index in [2.05, 4.69) is 10.3 Å². The van der Waals surface area contributed by atoms with Crippen LogP contribution in [0, 0.1) is 0 Å². The maximum absolute atomic E-state index is 11.6. The maximum atomic E-state index is 11.6. The third-order valence-electron chi connectivity index (χ3n) is 2.51. The van der Waals surface area contributed by atoms with Crippen LogP contribution in [0.3, 0.4) is 0 Å². The number of rotatable bonds is 2. The molecule has 1 amide bonds. The summed E-state index contributed by atoms with van der Waals surface area (Å²) in [5, 5.41) is 11.6. The van der Waals surface area contributed by atoms with E-state index in [-0.39, 0.29) is 17.7 Å². The van der Waals surface area contributed by atoms with Gasteiger partial charge in [-0.05, 0) is 12.8 Å². The van der Waals surface area contributed by atoms with E-state index in [1.165, 1.54) is 0 Å². The maximum Gasteiger partial charge on any atom is 0.325 e. The zero-order valence-electron chi connectivity index (χ0n) is 8.32. The van der Waals surface area contributed by atoms with Gasteiger partial charge in [-0.1, -0.05) is 0 Å². The van der Waals surface area contributed by atoms with E-state index in [9.17, 15) is 14.4 Å². The molecule has 0 radical (unpaired) electrons. The number of hydrogen-bond donors (Lipinski definition) is 4. The van der Waals surface area contributed by atoms with Gasteiger partial charge in [0, 0.05) is 12.2 Å². The van der Waals surface area contributed by atoms with Crippen molar-refractivity contribution < 1.29 is 9.90 Å². The highest BCUT2D eigenvalue weighted by molar-refractivity contribution is 5.93. The zero-order valence-corrected chi connectivity index (χ0v) is 8.32. The first kappa shape index (κ1) is 10.6. The lowest BCUT2D eigenvalue weighted by molar-refractivity contribution is 0.0562. The Labute approximate surface area is 89.5 Å². The Morgan fingerprint density at radius 1 is 1.44 bits per heavy atom. The fourth-order valence-electron chi connectivity index (χ4n) is 1.55. The summed E-state index contributed by atoms with van der Waals surface area (Å²) in [6, 6.07) is -0.103. The van der Waals surface area contributed by atoms with E-state index in [1.807, 2.05) is 4.98 Å². The molecule has 7 nitrogen and oxygen atoms in total. The molecule has 86 valence electrons. The van der Waals surface area contributed by atoms with Crippen LogP contribution in [0.5, 0.6) is 0 Å². The molecule has 7 heteroatoms. The third-order valence-corrected chi connectivity index (χ3v) is 2.51. The van der Waals surface area contributed by atoms with Gasteiger partial charge in [0.2, 0.25) is 0 Å². The van der Waals surface area contributed by atoms with Gasteiger partial charge >= 0.3 is 5.69 Å². The van der Waals surface area contributed by atoms with Crippen molar-refractivity contribution in [2.45, 2.75) is 25.0 Å². The highest BCUT2D eigenvalue weighted by Gasteiger charge is 2.29. The molecule has 1 aromatic heterocycles. The van der Waals surface area contributed by atoms with Crippen molar-refractivity contribution in [1.29, 1.82) is 0 Å². The van der Waals surface area contributed by atoms with Crippen LogP contribution < -0.4 is 16.6 Å². The minimum atomic E-state index is -0.721. The number of H-pyrrole nitrogens is 2. The van der Waals surface area contributed by atoms with Crippen LogP contribution in [-0.2, 0) is 0 Å². The van der Waals surface area contributed by atoms with E-state index in [1.54, 1.807) is 0 Å². The average Bonchev–Trinajstić information content (AvgIpc) is 2.15. The van der Waals surface area contributed by atoms with Gasteiger partial charge in [-0.2, -0.15) is 0 Å². The molecule has 0 atom stereocenters. The van der Waals surface area contributed by atoms with Crippen LogP contribution >= 0.6 is 0 Å². The third kappa shape index (κ3) is 2.03. The fourth-order valence-corrected chi connectivity index (χ4v) is 1.55. The molecule has 1 aliphatic rings. The van der Waals surface area contributed by atoms with Crippen molar-refractivity contribution >= 4 is 5.91 Å². The second kappa shape index (κ2) is 3.93. The summed E-state index contributed by atoms with van der Waals surface area (Å²) in [5.41, 5.74) is -1.51. The minimum absolute atomic E-state index is 0.103. The number of aromatic nitrogens is 2. The van der Waals surface area contributed by atoms with E-state index in [4.69, 9.17) is 5.11 Å². The second-order valence-electron chi connectivity index (χ2n) is 3.78. The van der Waals surface area contributed by atoms with Gasteiger partial charge in [-0.25, -0.2) is 4.79 Å². The number of hydrogen-bond acceptors (Lipinski definition) is 4. The van der Waals surface area contributed by atoms with Crippen molar-refractivity contribution in [3.05, 3.63) is 32.6 Å². The molecule has 1 fully saturated rings. The van der Waals surface area contributed by atoms with Gasteiger partial charge in [0.15, 0.2) is 0 Å². The monoisotopic (exact) mass is 225 g/mol. The molecular weight excluding hydrogens is 214 g/mol. The summed E-state index contributed by atoms with van der Waals surface area (Å²) in [5.74, 6) is -0.547. The van der Waals surface area contributed by atoms with Crippen molar-refractivity contribution in [3.63, 3.8) is 0 Å². The Morgan fingerprint density at radius 2 is 2.12 bits per heavy atom. The normalized spacial score (nSPS) is 23.6. The molecule has 1 heterocycles. The number of carbonyl (C=O) groups is 1. The van der Waals surface area contributed by atoms with E-state index in [0.717, 1.165) is 6.20 Å². The molecule has 0 aliphatic heterocycles. The van der Waals surface area contributed by atoms with E-state index in [0.29, 0.717) is 12.8 Å². The van der Waals surface area contributed by atoms with Crippen LogP contribution in [0.25, 0.3) is 0 Å². The summed E-state index contributed by atoms with van der Waals surface area (Å²) < 4.78 is 0. The number of aliphatic hydroxyl groups excluding tert-OH is 1. The lowest BCUT2D eigenvalue weighted by atomic mass is 9.89. The molecule has 2 rings (SSSR count). The van der Waals surface area contributed by atoms with E-state index < -0.39 is 17.2 Å². The zero-order chi connectivity index (χ0) is 11.7. The summed E-state index contributed by atoms with van der Waals surface area (Å²) in [4.78, 5) is 37.7. The topological polar surface area (TPSA) is 115 Å². The van der Waals surface area contributed by atoms with Crippen molar-refractivity contribution in [3.8, 4) is 0 Å². The average molecular weight is 225 g/mol. The van der Waals surface area contributed by atoms with Crippen LogP contribution in [0.15, 0.2) is 15.8 Å². The quantitative estimate of drug-likeness (QED) is 0.481. The first-order valence-corrected chi connectivity index (χ1v) is 4.87. The smallest absolute Gasteiger partial charge is 0.325 e. The van der Waals surface area contributed by atoms with Crippen LogP contribution in [0.1, 0.15) is 23.2 Å². The van der Waals surface area contributed by atoms with E-state index >= 15 is 0 Å². The Morgan fingerprint density at radius 3 is 2.69 bits per heavy atom. The summed E-state index contributed by atoms with van der Waals surface area (Å²) in [7, 11) is 0. The fraction of sp³-hybridized carbons (Fsp3) is 0.444. The lowest BCUT2D eigenvalue weighted by Crippen LogP contribution is -2.48. The van der Waals surface area contributed by atoms with Crippen molar-refractivity contribution in [2.24, 2.45) is 0 Å². The molecular formula is C9H11N3O4. The molecule has 1 aliphatic carbocycles. The first-order chi connectivity index (χ1) is 7.56. The van der Waals surface area contributed by atoms with Gasteiger partial charge in [-0.3, -0.25) is 14.6 Å². The minimum Gasteiger partial charge on any atom is -0.393 e.